The first-order chi connectivity index (χ1) is 13.5. The molecule has 5 nitrogen and oxygen atoms in total. The van der Waals surface area contributed by atoms with Gasteiger partial charge in [0.2, 0.25) is 5.91 Å². The summed E-state index contributed by atoms with van der Waals surface area (Å²) in [6, 6.07) is 15.1. The lowest BCUT2D eigenvalue weighted by molar-refractivity contribution is -0.117. The number of amides is 2. The van der Waals surface area contributed by atoms with Crippen molar-refractivity contribution in [3.63, 3.8) is 0 Å². The molecule has 0 aromatic heterocycles. The Morgan fingerprint density at radius 2 is 1.82 bits per heavy atom. The molecule has 2 aromatic carbocycles. The lowest BCUT2D eigenvalue weighted by atomic mass is 9.98. The third kappa shape index (κ3) is 6.50. The largest absolute Gasteiger partial charge is 0.382 e. The van der Waals surface area contributed by atoms with Crippen molar-refractivity contribution >= 4 is 17.5 Å². The summed E-state index contributed by atoms with van der Waals surface area (Å²) < 4.78 is 5.26. The number of nitrogens with one attached hydrogen (secondary N) is 2. The molecule has 0 heterocycles. The maximum atomic E-state index is 12.6. The van der Waals surface area contributed by atoms with E-state index in [1.54, 1.807) is 24.3 Å². The third-order valence-electron chi connectivity index (χ3n) is 4.63. The van der Waals surface area contributed by atoms with E-state index in [0.717, 1.165) is 18.4 Å². The second-order valence-corrected chi connectivity index (χ2v) is 6.69. The van der Waals surface area contributed by atoms with Crippen LogP contribution in [0.5, 0.6) is 0 Å². The quantitative estimate of drug-likeness (QED) is 0.607. The standard InChI is InChI=1S/C23H30N2O3/c1-4-18-10-12-19(13-11-18)17(3)22(26)25-21-9-6-8-20(16-21)23(27)24-14-7-15-28-5-2/h6,8-13,16-17H,4-5,7,14-15H2,1-3H3,(H,24,27)(H,25,26). The van der Waals surface area contributed by atoms with Crippen LogP contribution in [0.3, 0.4) is 0 Å². The number of aryl methyl sites for hydroxylation is 1. The fraction of sp³-hybridized carbons (Fsp3) is 0.391. The van der Waals surface area contributed by atoms with Crippen molar-refractivity contribution in [1.29, 1.82) is 0 Å². The molecule has 0 saturated heterocycles. The van der Waals surface area contributed by atoms with Crippen LogP contribution in [0, 0.1) is 0 Å². The van der Waals surface area contributed by atoms with Crippen molar-refractivity contribution in [3.8, 4) is 0 Å². The fourth-order valence-electron chi connectivity index (χ4n) is 2.80. The van der Waals surface area contributed by atoms with Gasteiger partial charge in [-0.25, -0.2) is 0 Å². The van der Waals surface area contributed by atoms with E-state index in [4.69, 9.17) is 4.74 Å². The first-order valence-corrected chi connectivity index (χ1v) is 9.90. The predicted octanol–water partition coefficient (Wildman–Crippen LogP) is 4.15. The minimum absolute atomic E-state index is 0.0986. The number of ether oxygens (including phenoxy) is 1. The van der Waals surface area contributed by atoms with E-state index >= 15 is 0 Å². The van der Waals surface area contributed by atoms with Gasteiger partial charge in [-0.1, -0.05) is 37.3 Å². The molecule has 0 radical (unpaired) electrons. The first kappa shape index (κ1) is 21.6. The van der Waals surface area contributed by atoms with Crippen molar-refractivity contribution in [2.45, 2.75) is 39.5 Å². The van der Waals surface area contributed by atoms with Crippen molar-refractivity contribution in [1.82, 2.24) is 5.32 Å². The summed E-state index contributed by atoms with van der Waals surface area (Å²) in [5.41, 5.74) is 3.35. The summed E-state index contributed by atoms with van der Waals surface area (Å²) in [5, 5.41) is 5.78. The van der Waals surface area contributed by atoms with Gasteiger partial charge in [0, 0.05) is 31.0 Å². The lowest BCUT2D eigenvalue weighted by Crippen LogP contribution is -2.25. The zero-order valence-corrected chi connectivity index (χ0v) is 17.0. The van der Waals surface area contributed by atoms with Gasteiger partial charge in [-0.2, -0.15) is 0 Å². The summed E-state index contributed by atoms with van der Waals surface area (Å²) in [7, 11) is 0. The SMILES string of the molecule is CCOCCCNC(=O)c1cccc(NC(=O)C(C)c2ccc(CC)cc2)c1. The Morgan fingerprint density at radius 1 is 1.07 bits per heavy atom. The number of carbonyl (C=O) groups is 2. The predicted molar refractivity (Wildman–Crippen MR) is 113 cm³/mol. The molecule has 0 spiro atoms. The molecular formula is C23H30N2O3. The molecule has 5 heteroatoms. The molecule has 0 aliphatic carbocycles. The van der Waals surface area contributed by atoms with Gasteiger partial charge in [0.05, 0.1) is 5.92 Å². The Kier molecular flexibility index (Phi) is 8.69. The summed E-state index contributed by atoms with van der Waals surface area (Å²) >= 11 is 0. The van der Waals surface area contributed by atoms with Crippen LogP contribution in [0.25, 0.3) is 0 Å². The lowest BCUT2D eigenvalue weighted by Gasteiger charge is -2.14. The molecule has 28 heavy (non-hydrogen) atoms. The molecule has 2 amide bonds. The minimum atomic E-state index is -0.276. The fourth-order valence-corrected chi connectivity index (χ4v) is 2.80. The van der Waals surface area contributed by atoms with Crippen LogP contribution in [-0.4, -0.2) is 31.6 Å². The molecule has 0 saturated carbocycles. The van der Waals surface area contributed by atoms with E-state index < -0.39 is 0 Å². The molecule has 2 rings (SSSR count). The van der Waals surface area contributed by atoms with Crippen LogP contribution in [0.2, 0.25) is 0 Å². The average Bonchev–Trinajstić information content (AvgIpc) is 2.73. The van der Waals surface area contributed by atoms with Gasteiger partial charge in [-0.3, -0.25) is 9.59 Å². The van der Waals surface area contributed by atoms with Gasteiger partial charge in [-0.15, -0.1) is 0 Å². The number of rotatable bonds is 10. The second-order valence-electron chi connectivity index (χ2n) is 6.69. The third-order valence-corrected chi connectivity index (χ3v) is 4.63. The van der Waals surface area contributed by atoms with E-state index in [9.17, 15) is 9.59 Å². The second kappa shape index (κ2) is 11.2. The highest BCUT2D eigenvalue weighted by molar-refractivity contribution is 5.98. The summed E-state index contributed by atoms with van der Waals surface area (Å²) in [4.78, 5) is 24.9. The highest BCUT2D eigenvalue weighted by atomic mass is 16.5. The molecule has 0 bridgehead atoms. The maximum absolute atomic E-state index is 12.6. The molecule has 0 aliphatic rings. The van der Waals surface area contributed by atoms with E-state index in [1.807, 2.05) is 26.0 Å². The number of anilines is 1. The number of benzene rings is 2. The van der Waals surface area contributed by atoms with E-state index in [2.05, 4.69) is 29.7 Å². The van der Waals surface area contributed by atoms with E-state index in [0.29, 0.717) is 31.0 Å². The van der Waals surface area contributed by atoms with Crippen LogP contribution in [0.1, 0.15) is 54.6 Å². The van der Waals surface area contributed by atoms with Crippen LogP contribution < -0.4 is 10.6 Å². The molecule has 1 unspecified atom stereocenters. The molecule has 0 fully saturated rings. The monoisotopic (exact) mass is 382 g/mol. The molecule has 1 atom stereocenters. The van der Waals surface area contributed by atoms with Crippen LogP contribution in [-0.2, 0) is 16.0 Å². The smallest absolute Gasteiger partial charge is 0.251 e. The van der Waals surface area contributed by atoms with Crippen LogP contribution in [0.4, 0.5) is 5.69 Å². The Morgan fingerprint density at radius 3 is 2.50 bits per heavy atom. The van der Waals surface area contributed by atoms with Crippen molar-refractivity contribution in [2.24, 2.45) is 0 Å². The normalized spacial score (nSPS) is 11.7. The van der Waals surface area contributed by atoms with Gasteiger partial charge in [0.25, 0.3) is 5.91 Å². The van der Waals surface area contributed by atoms with Crippen molar-refractivity contribution < 1.29 is 14.3 Å². The molecule has 0 aliphatic heterocycles. The Hall–Kier alpha value is -2.66. The molecule has 2 aromatic rings. The van der Waals surface area contributed by atoms with Crippen LogP contribution in [0.15, 0.2) is 48.5 Å². The summed E-state index contributed by atoms with van der Waals surface area (Å²) in [6.45, 7) is 7.79. The average molecular weight is 383 g/mol. The Balaban J connectivity index is 1.93. The highest BCUT2D eigenvalue weighted by Crippen LogP contribution is 2.19. The topological polar surface area (TPSA) is 67.4 Å². The molecule has 150 valence electrons. The zero-order chi connectivity index (χ0) is 20.4. The summed E-state index contributed by atoms with van der Waals surface area (Å²) in [5.74, 6) is -0.531. The Labute approximate surface area is 167 Å². The number of hydrogen-bond acceptors (Lipinski definition) is 3. The van der Waals surface area contributed by atoms with Gasteiger partial charge in [0.15, 0.2) is 0 Å². The van der Waals surface area contributed by atoms with Gasteiger partial charge >= 0.3 is 0 Å². The number of hydrogen-bond donors (Lipinski definition) is 2. The van der Waals surface area contributed by atoms with Crippen molar-refractivity contribution in [3.05, 3.63) is 65.2 Å². The van der Waals surface area contributed by atoms with Gasteiger partial charge in [0.1, 0.15) is 0 Å². The number of carbonyl (C=O) groups excluding carboxylic acids is 2. The first-order valence-electron chi connectivity index (χ1n) is 9.90. The minimum Gasteiger partial charge on any atom is -0.382 e. The van der Waals surface area contributed by atoms with Crippen LogP contribution >= 0.6 is 0 Å². The summed E-state index contributed by atoms with van der Waals surface area (Å²) in [6.07, 6.45) is 1.74. The molecule has 2 N–H and O–H groups in total. The highest BCUT2D eigenvalue weighted by Gasteiger charge is 2.16. The van der Waals surface area contributed by atoms with Gasteiger partial charge in [-0.05, 0) is 56.0 Å². The molecular weight excluding hydrogens is 352 g/mol. The van der Waals surface area contributed by atoms with E-state index in [1.165, 1.54) is 5.56 Å². The zero-order valence-electron chi connectivity index (χ0n) is 17.0. The maximum Gasteiger partial charge on any atom is 0.251 e. The van der Waals surface area contributed by atoms with Crippen molar-refractivity contribution in [2.75, 3.05) is 25.1 Å². The Bertz CT molecular complexity index is 772. The van der Waals surface area contributed by atoms with E-state index in [-0.39, 0.29) is 17.7 Å². The van der Waals surface area contributed by atoms with Gasteiger partial charge < -0.3 is 15.4 Å².